The van der Waals surface area contributed by atoms with Gasteiger partial charge < -0.3 is 10.2 Å². The third-order valence-electron chi connectivity index (χ3n) is 8.01. The van der Waals surface area contributed by atoms with Crippen LogP contribution in [0.2, 0.25) is 0 Å². The molecule has 0 spiro atoms. The van der Waals surface area contributed by atoms with Crippen molar-refractivity contribution in [1.82, 2.24) is 15.4 Å². The number of carbonyl (C=O) groups is 3. The number of hydrogen-bond acceptors (Lipinski definition) is 5. The van der Waals surface area contributed by atoms with Crippen LogP contribution in [0, 0.1) is 0 Å². The quantitative estimate of drug-likeness (QED) is 0.114. The maximum absolute atomic E-state index is 14.2. The van der Waals surface area contributed by atoms with Crippen molar-refractivity contribution in [2.24, 2.45) is 5.10 Å². The number of hydroxylamine groups is 2. The summed E-state index contributed by atoms with van der Waals surface area (Å²) >= 11 is 0. The SMILES string of the molecule is CC1(C)C(N(O)C(=O)Nc2cccc3ccccc23)N(c2cccc3ccccc23)C(=O)N1CC(=O)NN=Cc1ccccc1. The molecule has 5 aromatic carbocycles. The Labute approximate surface area is 260 Å². The van der Waals surface area contributed by atoms with Crippen LogP contribution < -0.4 is 15.6 Å². The smallest absolute Gasteiger partial charge is 0.306 e. The van der Waals surface area contributed by atoms with Gasteiger partial charge in [-0.15, -0.1) is 0 Å². The molecule has 0 aliphatic carbocycles. The summed E-state index contributed by atoms with van der Waals surface area (Å²) in [5, 5.41) is 22.3. The largest absolute Gasteiger partial charge is 0.347 e. The third-order valence-corrected chi connectivity index (χ3v) is 8.01. The molecule has 5 aromatic rings. The zero-order chi connectivity index (χ0) is 31.6. The number of urea groups is 2. The van der Waals surface area contributed by atoms with Gasteiger partial charge in [-0.2, -0.15) is 10.2 Å². The van der Waals surface area contributed by atoms with E-state index in [1.165, 1.54) is 16.0 Å². The molecule has 3 N–H and O–H groups in total. The van der Waals surface area contributed by atoms with E-state index in [0.717, 1.165) is 27.1 Å². The predicted molar refractivity (Wildman–Crippen MR) is 175 cm³/mol. The molecule has 1 fully saturated rings. The lowest BCUT2D eigenvalue weighted by Crippen LogP contribution is -2.58. The van der Waals surface area contributed by atoms with Gasteiger partial charge in [-0.05, 0) is 42.3 Å². The van der Waals surface area contributed by atoms with Crippen molar-refractivity contribution >= 4 is 57.1 Å². The second-order valence-corrected chi connectivity index (χ2v) is 11.3. The molecule has 0 saturated carbocycles. The van der Waals surface area contributed by atoms with Crippen LogP contribution in [0.5, 0.6) is 0 Å². The van der Waals surface area contributed by atoms with Crippen molar-refractivity contribution in [1.29, 1.82) is 0 Å². The fraction of sp³-hybridized carbons (Fsp3) is 0.143. The highest BCUT2D eigenvalue weighted by atomic mass is 16.5. The van der Waals surface area contributed by atoms with Crippen LogP contribution in [0.1, 0.15) is 19.4 Å². The Morgan fingerprint density at radius 3 is 2.18 bits per heavy atom. The Balaban J connectivity index is 1.33. The molecule has 0 aromatic heterocycles. The van der Waals surface area contributed by atoms with Gasteiger partial charge in [0.15, 0.2) is 6.17 Å². The summed E-state index contributed by atoms with van der Waals surface area (Å²) in [6.45, 7) is 3.04. The summed E-state index contributed by atoms with van der Waals surface area (Å²) in [5.41, 5.74) is 3.03. The highest BCUT2D eigenvalue weighted by Crippen LogP contribution is 2.40. The van der Waals surface area contributed by atoms with Crippen molar-refractivity contribution in [3.8, 4) is 0 Å². The van der Waals surface area contributed by atoms with Crippen molar-refractivity contribution in [2.45, 2.75) is 25.6 Å². The lowest BCUT2D eigenvalue weighted by Gasteiger charge is -2.38. The maximum Gasteiger partial charge on any atom is 0.347 e. The van der Waals surface area contributed by atoms with Crippen LogP contribution in [0.15, 0.2) is 120 Å². The average molecular weight is 601 g/mol. The number of rotatable bonds is 7. The first-order valence-electron chi connectivity index (χ1n) is 14.5. The number of anilines is 2. The van der Waals surface area contributed by atoms with Crippen molar-refractivity contribution < 1.29 is 19.6 Å². The molecule has 1 heterocycles. The molecule has 0 bridgehead atoms. The molecule has 45 heavy (non-hydrogen) atoms. The van der Waals surface area contributed by atoms with Crippen molar-refractivity contribution in [3.05, 3.63) is 121 Å². The highest BCUT2D eigenvalue weighted by Gasteiger charge is 2.56. The average Bonchev–Trinajstić information content (AvgIpc) is 3.24. The highest BCUT2D eigenvalue weighted by molar-refractivity contribution is 6.07. The van der Waals surface area contributed by atoms with Gasteiger partial charge in [0.1, 0.15) is 6.54 Å². The second kappa shape index (κ2) is 12.1. The molecular weight excluding hydrogens is 568 g/mol. The number of fused-ring (bicyclic) bond motifs is 2. The molecule has 10 nitrogen and oxygen atoms in total. The Bertz CT molecular complexity index is 1920. The molecule has 1 saturated heterocycles. The van der Waals surface area contributed by atoms with Gasteiger partial charge in [0.2, 0.25) is 0 Å². The first-order valence-corrected chi connectivity index (χ1v) is 14.5. The molecule has 1 aliphatic rings. The standard InChI is InChI=1S/C35H32N6O4/c1-35(2)32(41(45)33(43)37-29-20-10-16-25-14-6-8-18-27(25)29)40(30-21-11-17-26-15-7-9-19-28(26)30)34(44)39(35)23-31(42)38-36-22-24-12-4-3-5-13-24/h3-22,32,45H,23H2,1-2H3,(H,37,43)(H,38,42). The second-order valence-electron chi connectivity index (χ2n) is 11.3. The van der Waals surface area contributed by atoms with E-state index in [4.69, 9.17) is 0 Å². The molecule has 1 atom stereocenters. The third kappa shape index (κ3) is 5.66. The van der Waals surface area contributed by atoms with Gasteiger partial charge in [-0.1, -0.05) is 103 Å². The monoisotopic (exact) mass is 600 g/mol. The first-order chi connectivity index (χ1) is 21.8. The van der Waals surface area contributed by atoms with E-state index in [2.05, 4.69) is 15.8 Å². The van der Waals surface area contributed by atoms with Gasteiger partial charge in [0.25, 0.3) is 5.91 Å². The normalized spacial score (nSPS) is 16.0. The first kappa shape index (κ1) is 29.3. The summed E-state index contributed by atoms with van der Waals surface area (Å²) in [6, 6.07) is 33.9. The van der Waals surface area contributed by atoms with Gasteiger partial charge >= 0.3 is 12.1 Å². The van der Waals surface area contributed by atoms with Crippen LogP contribution in [0.25, 0.3) is 21.5 Å². The molecular formula is C35H32N6O4. The van der Waals surface area contributed by atoms with Gasteiger partial charge in [0.05, 0.1) is 23.1 Å². The molecule has 1 aliphatic heterocycles. The molecule has 0 radical (unpaired) electrons. The van der Waals surface area contributed by atoms with Crippen LogP contribution >= 0.6 is 0 Å². The van der Waals surface area contributed by atoms with Crippen LogP contribution in [-0.2, 0) is 4.79 Å². The Hall–Kier alpha value is -5.74. The fourth-order valence-electron chi connectivity index (χ4n) is 5.78. The Kier molecular flexibility index (Phi) is 7.89. The number of benzene rings is 5. The van der Waals surface area contributed by atoms with E-state index in [9.17, 15) is 19.6 Å². The summed E-state index contributed by atoms with van der Waals surface area (Å²) in [5.74, 6) is -0.535. The minimum Gasteiger partial charge on any atom is -0.306 e. The van der Waals surface area contributed by atoms with Gasteiger partial charge in [-0.25, -0.2) is 15.0 Å². The Morgan fingerprint density at radius 2 is 1.44 bits per heavy atom. The van der Waals surface area contributed by atoms with E-state index in [1.807, 2.05) is 97.1 Å². The minimum absolute atomic E-state index is 0.367. The lowest BCUT2D eigenvalue weighted by atomic mass is 9.99. The number of nitrogens with one attached hydrogen (secondary N) is 2. The molecule has 10 heteroatoms. The van der Waals surface area contributed by atoms with Crippen LogP contribution in [-0.4, -0.2) is 57.6 Å². The topological polar surface area (TPSA) is 118 Å². The summed E-state index contributed by atoms with van der Waals surface area (Å²) in [6.07, 6.45) is 0.291. The number of hydrazone groups is 1. The van der Waals surface area contributed by atoms with E-state index < -0.39 is 29.7 Å². The summed E-state index contributed by atoms with van der Waals surface area (Å²) in [4.78, 5) is 43.7. The summed E-state index contributed by atoms with van der Waals surface area (Å²) < 4.78 is 0. The fourth-order valence-corrected chi connectivity index (χ4v) is 5.78. The van der Waals surface area contributed by atoms with E-state index >= 15 is 0 Å². The van der Waals surface area contributed by atoms with Gasteiger partial charge in [-0.3, -0.25) is 14.9 Å². The van der Waals surface area contributed by atoms with Crippen LogP contribution in [0.3, 0.4) is 0 Å². The van der Waals surface area contributed by atoms with E-state index in [1.54, 1.807) is 32.0 Å². The molecule has 6 rings (SSSR count). The van der Waals surface area contributed by atoms with E-state index in [0.29, 0.717) is 16.4 Å². The number of hydrogen-bond donors (Lipinski definition) is 3. The zero-order valence-corrected chi connectivity index (χ0v) is 24.8. The number of carbonyl (C=O) groups excluding carboxylic acids is 3. The molecule has 226 valence electrons. The van der Waals surface area contributed by atoms with Crippen molar-refractivity contribution in [2.75, 3.05) is 16.8 Å². The number of amides is 5. The van der Waals surface area contributed by atoms with Crippen LogP contribution in [0.4, 0.5) is 21.0 Å². The Morgan fingerprint density at radius 1 is 0.844 bits per heavy atom. The predicted octanol–water partition coefficient (Wildman–Crippen LogP) is 6.41. The molecule has 5 amide bonds. The number of nitrogens with zero attached hydrogens (tertiary/aromatic N) is 4. The van der Waals surface area contributed by atoms with Crippen molar-refractivity contribution in [3.63, 3.8) is 0 Å². The summed E-state index contributed by atoms with van der Waals surface area (Å²) in [7, 11) is 0. The van der Waals surface area contributed by atoms with Gasteiger partial charge in [0, 0.05) is 10.8 Å². The molecule has 1 unspecified atom stereocenters. The zero-order valence-electron chi connectivity index (χ0n) is 24.8. The van der Waals surface area contributed by atoms with E-state index in [-0.39, 0.29) is 6.54 Å². The maximum atomic E-state index is 14.2. The lowest BCUT2D eigenvalue weighted by molar-refractivity contribution is -0.124. The minimum atomic E-state index is -1.24.